The third kappa shape index (κ3) is 2.96. The molecule has 0 saturated carbocycles. The number of hydrogen-bond acceptors (Lipinski definition) is 5. The summed E-state index contributed by atoms with van der Waals surface area (Å²) in [5, 5.41) is 15.8. The van der Waals surface area contributed by atoms with E-state index in [9.17, 15) is 14.9 Å². The van der Waals surface area contributed by atoms with Crippen LogP contribution in [0.25, 0.3) is 0 Å². The van der Waals surface area contributed by atoms with Gasteiger partial charge in [-0.3, -0.25) is 19.6 Å². The average molecular weight is 309 g/mol. The Morgan fingerprint density at radius 2 is 1.73 bits per heavy atom. The zero-order valence-electron chi connectivity index (χ0n) is 13.8. The highest BCUT2D eigenvalue weighted by Gasteiger charge is 2.38. The minimum Gasteiger partial charge on any atom is -0.335 e. The van der Waals surface area contributed by atoms with Gasteiger partial charge in [0, 0.05) is 38.6 Å². The third-order valence-electron chi connectivity index (χ3n) is 3.91. The lowest BCUT2D eigenvalue weighted by Crippen LogP contribution is -2.47. The van der Waals surface area contributed by atoms with Gasteiger partial charge in [0.2, 0.25) is 5.69 Å². The highest BCUT2D eigenvalue weighted by atomic mass is 16.6. The molecule has 1 aliphatic heterocycles. The Hall–Kier alpha value is -1.96. The van der Waals surface area contributed by atoms with E-state index >= 15 is 0 Å². The first-order valence-electron chi connectivity index (χ1n) is 7.32. The normalized spacial score (nSPS) is 16.9. The van der Waals surface area contributed by atoms with Crippen molar-refractivity contribution in [2.45, 2.75) is 26.2 Å². The number of likely N-dealkylation sites (N-methyl/N-ethyl adjacent to an activating group) is 1. The maximum Gasteiger partial charge on any atom is 0.323 e. The topological polar surface area (TPSA) is 84.5 Å². The number of nitro groups is 1. The van der Waals surface area contributed by atoms with Crippen LogP contribution >= 0.6 is 0 Å². The predicted octanol–water partition coefficient (Wildman–Crippen LogP) is 1.01. The van der Waals surface area contributed by atoms with Crippen molar-refractivity contribution in [3.63, 3.8) is 0 Å². The molecule has 0 N–H and O–H groups in total. The molecule has 8 nitrogen and oxygen atoms in total. The van der Waals surface area contributed by atoms with Crippen LogP contribution in [0.1, 0.15) is 37.0 Å². The molecule has 1 aromatic rings. The van der Waals surface area contributed by atoms with Gasteiger partial charge in [0.05, 0.1) is 4.92 Å². The molecule has 2 heterocycles. The zero-order chi connectivity index (χ0) is 16.7. The number of hydrogen-bond donors (Lipinski definition) is 0. The van der Waals surface area contributed by atoms with Crippen molar-refractivity contribution in [2.24, 2.45) is 7.05 Å². The van der Waals surface area contributed by atoms with Gasteiger partial charge in [-0.2, -0.15) is 5.10 Å². The Balaban J connectivity index is 2.44. The van der Waals surface area contributed by atoms with E-state index in [0.717, 1.165) is 13.1 Å². The van der Waals surface area contributed by atoms with Gasteiger partial charge in [-0.15, -0.1) is 0 Å². The van der Waals surface area contributed by atoms with E-state index in [-0.39, 0.29) is 17.3 Å². The molecule has 1 saturated heterocycles. The first kappa shape index (κ1) is 16.4. The van der Waals surface area contributed by atoms with E-state index in [2.05, 4.69) is 10.00 Å². The first-order chi connectivity index (χ1) is 10.1. The molecule has 0 spiro atoms. The SMILES string of the molecule is CN1CCN(C(=O)c2c([N+](=O)[O-])c(C(C)(C)C)nn2C)CC1. The molecule has 122 valence electrons. The molecular formula is C14H23N5O3. The summed E-state index contributed by atoms with van der Waals surface area (Å²) in [7, 11) is 3.58. The van der Waals surface area contributed by atoms with Gasteiger partial charge in [0.15, 0.2) is 0 Å². The van der Waals surface area contributed by atoms with E-state index in [1.54, 1.807) is 11.9 Å². The van der Waals surface area contributed by atoms with Crippen LogP contribution in [-0.4, -0.2) is 63.6 Å². The molecule has 1 fully saturated rings. The van der Waals surface area contributed by atoms with E-state index in [4.69, 9.17) is 0 Å². The standard InChI is InChI=1S/C14H23N5O3/c1-14(2,3)12-10(19(21)22)11(17(5)15-12)13(20)18-8-6-16(4)7-9-18/h6-9H2,1-5H3. The lowest BCUT2D eigenvalue weighted by molar-refractivity contribution is -0.386. The smallest absolute Gasteiger partial charge is 0.323 e. The maximum absolute atomic E-state index is 12.7. The van der Waals surface area contributed by atoms with Gasteiger partial charge >= 0.3 is 5.69 Å². The number of carbonyl (C=O) groups is 1. The van der Waals surface area contributed by atoms with Crippen molar-refractivity contribution in [3.8, 4) is 0 Å². The largest absolute Gasteiger partial charge is 0.335 e. The van der Waals surface area contributed by atoms with Crippen LogP contribution in [0, 0.1) is 10.1 Å². The van der Waals surface area contributed by atoms with Crippen LogP contribution in [0.3, 0.4) is 0 Å². The Morgan fingerprint density at radius 3 is 2.18 bits per heavy atom. The van der Waals surface area contributed by atoms with Crippen LogP contribution in [0.2, 0.25) is 0 Å². The summed E-state index contributed by atoms with van der Waals surface area (Å²) in [4.78, 5) is 27.6. The van der Waals surface area contributed by atoms with Gasteiger partial charge in [-0.25, -0.2) is 0 Å². The fourth-order valence-corrected chi connectivity index (χ4v) is 2.59. The molecule has 1 aromatic heterocycles. The predicted molar refractivity (Wildman–Crippen MR) is 82.0 cm³/mol. The summed E-state index contributed by atoms with van der Waals surface area (Å²) < 4.78 is 1.35. The van der Waals surface area contributed by atoms with E-state index in [0.29, 0.717) is 18.8 Å². The first-order valence-corrected chi connectivity index (χ1v) is 7.32. The van der Waals surface area contributed by atoms with Crippen molar-refractivity contribution in [3.05, 3.63) is 21.5 Å². The fraction of sp³-hybridized carbons (Fsp3) is 0.714. The molecule has 1 amide bonds. The Bertz CT molecular complexity index is 594. The monoisotopic (exact) mass is 309 g/mol. The molecule has 2 rings (SSSR count). The fourth-order valence-electron chi connectivity index (χ4n) is 2.59. The number of carbonyl (C=O) groups excluding carboxylic acids is 1. The highest BCUT2D eigenvalue weighted by Crippen LogP contribution is 2.33. The summed E-state index contributed by atoms with van der Waals surface area (Å²) in [5.74, 6) is -0.315. The zero-order valence-corrected chi connectivity index (χ0v) is 13.8. The number of amides is 1. The van der Waals surface area contributed by atoms with Crippen molar-refractivity contribution in [1.29, 1.82) is 0 Å². The molecule has 8 heteroatoms. The van der Waals surface area contributed by atoms with E-state index in [1.807, 2.05) is 27.8 Å². The molecule has 0 atom stereocenters. The summed E-state index contributed by atoms with van der Waals surface area (Å²) in [5.41, 5.74) is -0.253. The Morgan fingerprint density at radius 1 is 1.18 bits per heavy atom. The molecule has 22 heavy (non-hydrogen) atoms. The van der Waals surface area contributed by atoms with Gasteiger partial charge in [-0.05, 0) is 7.05 Å². The molecule has 0 unspecified atom stereocenters. The van der Waals surface area contributed by atoms with E-state index < -0.39 is 10.3 Å². The second kappa shape index (κ2) is 5.68. The Kier molecular flexibility index (Phi) is 4.23. The van der Waals surface area contributed by atoms with Gasteiger partial charge in [0.1, 0.15) is 5.69 Å². The molecule has 0 aromatic carbocycles. The number of nitrogens with zero attached hydrogens (tertiary/aromatic N) is 5. The van der Waals surface area contributed by atoms with Crippen LogP contribution in [0.15, 0.2) is 0 Å². The van der Waals surface area contributed by atoms with Gasteiger partial charge in [-0.1, -0.05) is 20.8 Å². The van der Waals surface area contributed by atoms with E-state index in [1.165, 1.54) is 4.68 Å². The maximum atomic E-state index is 12.7. The summed E-state index contributed by atoms with van der Waals surface area (Å²) in [6, 6.07) is 0. The molecular weight excluding hydrogens is 286 g/mol. The second-order valence-corrected chi connectivity index (χ2v) is 6.77. The minimum atomic E-state index is -0.499. The van der Waals surface area contributed by atoms with Crippen molar-refractivity contribution in [2.75, 3.05) is 33.2 Å². The van der Waals surface area contributed by atoms with Crippen molar-refractivity contribution < 1.29 is 9.72 Å². The van der Waals surface area contributed by atoms with Crippen molar-refractivity contribution >= 4 is 11.6 Å². The molecule has 0 bridgehead atoms. The third-order valence-corrected chi connectivity index (χ3v) is 3.91. The highest BCUT2D eigenvalue weighted by molar-refractivity contribution is 5.97. The van der Waals surface area contributed by atoms with Crippen LogP contribution in [0.5, 0.6) is 0 Å². The average Bonchev–Trinajstić information content (AvgIpc) is 2.76. The lowest BCUT2D eigenvalue weighted by Gasteiger charge is -2.32. The minimum absolute atomic E-state index is 0.0690. The number of aromatic nitrogens is 2. The van der Waals surface area contributed by atoms with Crippen LogP contribution in [0.4, 0.5) is 5.69 Å². The Labute approximate surface area is 129 Å². The number of aryl methyl sites for hydroxylation is 1. The van der Waals surface area contributed by atoms with Crippen LogP contribution < -0.4 is 0 Å². The summed E-state index contributed by atoms with van der Waals surface area (Å²) in [6.45, 7) is 8.24. The lowest BCUT2D eigenvalue weighted by atomic mass is 9.91. The molecule has 1 aliphatic rings. The summed E-state index contributed by atoms with van der Waals surface area (Å²) >= 11 is 0. The van der Waals surface area contributed by atoms with Crippen LogP contribution in [-0.2, 0) is 12.5 Å². The molecule has 0 radical (unpaired) electrons. The second-order valence-electron chi connectivity index (χ2n) is 6.77. The number of rotatable bonds is 2. The molecule has 0 aliphatic carbocycles. The van der Waals surface area contributed by atoms with Gasteiger partial charge in [0.25, 0.3) is 5.91 Å². The van der Waals surface area contributed by atoms with Gasteiger partial charge < -0.3 is 9.80 Å². The number of piperazine rings is 1. The summed E-state index contributed by atoms with van der Waals surface area (Å²) in [6.07, 6.45) is 0. The quantitative estimate of drug-likeness (QED) is 0.601. The van der Waals surface area contributed by atoms with Crippen molar-refractivity contribution in [1.82, 2.24) is 19.6 Å².